The molecule has 0 unspecified atom stereocenters. The van der Waals surface area contributed by atoms with E-state index in [2.05, 4.69) is 38.3 Å². The van der Waals surface area contributed by atoms with Gasteiger partial charge in [-0.25, -0.2) is 0 Å². The van der Waals surface area contributed by atoms with Crippen molar-refractivity contribution in [2.24, 2.45) is 22.7 Å². The first-order valence-corrected chi connectivity index (χ1v) is 8.33. The largest absolute Gasteiger partial charge is 0.317 e. The van der Waals surface area contributed by atoms with E-state index in [9.17, 15) is 0 Å². The quantitative estimate of drug-likeness (QED) is 0.814. The van der Waals surface area contributed by atoms with Crippen molar-refractivity contribution in [3.8, 4) is 0 Å². The molecule has 2 rings (SSSR count). The highest BCUT2D eigenvalue weighted by atomic mass is 14.9. The van der Waals surface area contributed by atoms with Crippen molar-refractivity contribution in [2.45, 2.75) is 59.8 Å². The highest BCUT2D eigenvalue weighted by Crippen LogP contribution is 2.47. The zero-order valence-corrected chi connectivity index (χ0v) is 13.5. The van der Waals surface area contributed by atoms with Crippen LogP contribution in [-0.2, 0) is 0 Å². The molecule has 19 heavy (non-hydrogen) atoms. The standard InChI is InChI=1S/C17H34N2/c1-16(2,14-5-9-18-10-6-14)13-17(3,4)15-7-11-19-12-8-15/h14-15,18-19H,5-13H2,1-4H3. The van der Waals surface area contributed by atoms with Gasteiger partial charge in [-0.2, -0.15) is 0 Å². The van der Waals surface area contributed by atoms with Gasteiger partial charge in [-0.15, -0.1) is 0 Å². The van der Waals surface area contributed by atoms with Crippen LogP contribution < -0.4 is 10.6 Å². The maximum absolute atomic E-state index is 3.50. The summed E-state index contributed by atoms with van der Waals surface area (Å²) < 4.78 is 0. The van der Waals surface area contributed by atoms with E-state index < -0.39 is 0 Å². The molecule has 0 aromatic carbocycles. The van der Waals surface area contributed by atoms with Crippen LogP contribution in [0, 0.1) is 22.7 Å². The maximum atomic E-state index is 3.50. The summed E-state index contributed by atoms with van der Waals surface area (Å²) in [6.45, 7) is 15.0. The lowest BCUT2D eigenvalue weighted by Crippen LogP contribution is -2.42. The molecule has 0 saturated carbocycles. The summed E-state index contributed by atoms with van der Waals surface area (Å²) in [5.74, 6) is 1.82. The minimum absolute atomic E-state index is 0.497. The highest BCUT2D eigenvalue weighted by molar-refractivity contribution is 4.91. The van der Waals surface area contributed by atoms with Crippen molar-refractivity contribution < 1.29 is 0 Å². The summed E-state index contributed by atoms with van der Waals surface area (Å²) in [7, 11) is 0. The van der Waals surface area contributed by atoms with Crippen molar-refractivity contribution in [2.75, 3.05) is 26.2 Å². The van der Waals surface area contributed by atoms with E-state index in [0.29, 0.717) is 10.8 Å². The first-order chi connectivity index (χ1) is 8.92. The lowest BCUT2D eigenvalue weighted by atomic mass is 9.61. The van der Waals surface area contributed by atoms with E-state index in [0.717, 1.165) is 11.8 Å². The first kappa shape index (κ1) is 15.3. The number of rotatable bonds is 4. The molecule has 0 aromatic rings. The van der Waals surface area contributed by atoms with Gasteiger partial charge >= 0.3 is 0 Å². The highest BCUT2D eigenvalue weighted by Gasteiger charge is 2.39. The minimum Gasteiger partial charge on any atom is -0.317 e. The average Bonchev–Trinajstić information content (AvgIpc) is 2.40. The van der Waals surface area contributed by atoms with Crippen molar-refractivity contribution in [3.63, 3.8) is 0 Å². The zero-order chi connectivity index (χ0) is 13.9. The summed E-state index contributed by atoms with van der Waals surface area (Å²) in [6, 6.07) is 0. The summed E-state index contributed by atoms with van der Waals surface area (Å²) in [6.07, 6.45) is 6.87. The monoisotopic (exact) mass is 266 g/mol. The Hall–Kier alpha value is -0.0800. The normalized spacial score (nSPS) is 24.6. The Morgan fingerprint density at radius 1 is 0.684 bits per heavy atom. The van der Waals surface area contributed by atoms with Gasteiger partial charge in [0.15, 0.2) is 0 Å². The molecular weight excluding hydrogens is 232 g/mol. The van der Waals surface area contributed by atoms with Crippen LogP contribution in [-0.4, -0.2) is 26.2 Å². The van der Waals surface area contributed by atoms with E-state index in [-0.39, 0.29) is 0 Å². The molecule has 0 atom stereocenters. The van der Waals surface area contributed by atoms with Gasteiger partial charge < -0.3 is 10.6 Å². The molecule has 2 nitrogen and oxygen atoms in total. The molecule has 2 fully saturated rings. The fourth-order valence-electron chi connectivity index (χ4n) is 4.67. The number of nitrogens with one attached hydrogen (secondary N) is 2. The van der Waals surface area contributed by atoms with Crippen LogP contribution in [0.2, 0.25) is 0 Å². The minimum atomic E-state index is 0.497. The molecule has 0 aliphatic carbocycles. The summed E-state index contributed by atoms with van der Waals surface area (Å²) in [4.78, 5) is 0. The second-order valence-electron chi connectivity index (χ2n) is 8.20. The molecule has 2 heterocycles. The van der Waals surface area contributed by atoms with Gasteiger partial charge in [-0.1, -0.05) is 27.7 Å². The van der Waals surface area contributed by atoms with E-state index in [4.69, 9.17) is 0 Å². The second-order valence-corrected chi connectivity index (χ2v) is 8.20. The predicted molar refractivity (Wildman–Crippen MR) is 83.4 cm³/mol. The molecule has 2 aliphatic rings. The van der Waals surface area contributed by atoms with Crippen molar-refractivity contribution in [3.05, 3.63) is 0 Å². The Morgan fingerprint density at radius 2 is 1.00 bits per heavy atom. The van der Waals surface area contributed by atoms with E-state index in [1.54, 1.807) is 0 Å². The van der Waals surface area contributed by atoms with Crippen LogP contribution in [0.3, 0.4) is 0 Å². The second kappa shape index (κ2) is 6.13. The fraction of sp³-hybridized carbons (Fsp3) is 1.00. The van der Waals surface area contributed by atoms with Gasteiger partial charge in [-0.3, -0.25) is 0 Å². The van der Waals surface area contributed by atoms with Gasteiger partial charge in [0.1, 0.15) is 0 Å². The first-order valence-electron chi connectivity index (χ1n) is 8.33. The maximum Gasteiger partial charge on any atom is -0.00461 e. The predicted octanol–water partition coefficient (Wildman–Crippen LogP) is 3.43. The number of hydrogen-bond acceptors (Lipinski definition) is 2. The third-order valence-corrected chi connectivity index (χ3v) is 5.80. The summed E-state index contributed by atoms with van der Waals surface area (Å²) in [5.41, 5.74) is 0.993. The number of piperidine rings is 2. The van der Waals surface area contributed by atoms with Gasteiger partial charge in [0.25, 0.3) is 0 Å². The lowest BCUT2D eigenvalue weighted by molar-refractivity contribution is 0.0500. The Morgan fingerprint density at radius 3 is 1.32 bits per heavy atom. The Kier molecular flexibility index (Phi) is 4.94. The van der Waals surface area contributed by atoms with E-state index in [1.807, 2.05) is 0 Å². The molecule has 2 saturated heterocycles. The molecule has 0 spiro atoms. The Labute approximate surface area is 120 Å². The van der Waals surface area contributed by atoms with Crippen LogP contribution in [0.15, 0.2) is 0 Å². The molecule has 2 aliphatic heterocycles. The van der Waals surface area contributed by atoms with Gasteiger partial charge in [-0.05, 0) is 80.9 Å². The lowest BCUT2D eigenvalue weighted by Gasteiger charge is -2.46. The number of hydrogen-bond donors (Lipinski definition) is 2. The molecule has 2 heteroatoms. The van der Waals surface area contributed by atoms with Gasteiger partial charge in [0, 0.05) is 0 Å². The van der Waals surface area contributed by atoms with Crippen molar-refractivity contribution in [1.82, 2.24) is 10.6 Å². The molecule has 0 bridgehead atoms. The zero-order valence-electron chi connectivity index (χ0n) is 13.5. The third-order valence-electron chi connectivity index (χ3n) is 5.80. The van der Waals surface area contributed by atoms with Crippen LogP contribution in [0.25, 0.3) is 0 Å². The summed E-state index contributed by atoms with van der Waals surface area (Å²) in [5, 5.41) is 7.01. The molecule has 0 aromatic heterocycles. The molecule has 0 radical (unpaired) electrons. The topological polar surface area (TPSA) is 24.1 Å². The molecule has 0 amide bonds. The van der Waals surface area contributed by atoms with E-state index >= 15 is 0 Å². The van der Waals surface area contributed by atoms with Crippen LogP contribution in [0.4, 0.5) is 0 Å². The van der Waals surface area contributed by atoms with Crippen LogP contribution >= 0.6 is 0 Å². The third kappa shape index (κ3) is 3.95. The van der Waals surface area contributed by atoms with Crippen LogP contribution in [0.5, 0.6) is 0 Å². The average molecular weight is 266 g/mol. The Bertz CT molecular complexity index is 243. The van der Waals surface area contributed by atoms with Gasteiger partial charge in [0.2, 0.25) is 0 Å². The molecular formula is C17H34N2. The Balaban J connectivity index is 1.96. The fourth-order valence-corrected chi connectivity index (χ4v) is 4.67. The van der Waals surface area contributed by atoms with Crippen molar-refractivity contribution in [1.29, 1.82) is 0 Å². The van der Waals surface area contributed by atoms with Gasteiger partial charge in [0.05, 0.1) is 0 Å². The molecule has 2 N–H and O–H groups in total. The van der Waals surface area contributed by atoms with Crippen molar-refractivity contribution >= 4 is 0 Å². The molecule has 112 valence electrons. The SMILES string of the molecule is CC(C)(CC(C)(C)C1CCNCC1)C1CCNCC1. The van der Waals surface area contributed by atoms with E-state index in [1.165, 1.54) is 58.3 Å². The van der Waals surface area contributed by atoms with Crippen LogP contribution in [0.1, 0.15) is 59.8 Å². The smallest absolute Gasteiger partial charge is 0.00461 e. The summed E-state index contributed by atoms with van der Waals surface area (Å²) >= 11 is 0.